The zero-order valence-electron chi connectivity index (χ0n) is 10.1. The first-order valence-corrected chi connectivity index (χ1v) is 5.66. The Kier molecular flexibility index (Phi) is 4.13. The predicted octanol–water partition coefficient (Wildman–Crippen LogP) is 2.16. The monoisotopic (exact) mass is 256 g/mol. The number of nitrogens with one attached hydrogen (secondary N) is 1. The third-order valence-corrected chi connectivity index (χ3v) is 2.32. The Morgan fingerprint density at radius 2 is 2.16 bits per heavy atom. The van der Waals surface area contributed by atoms with Crippen molar-refractivity contribution < 1.29 is 9.53 Å². The van der Waals surface area contributed by atoms with Crippen molar-refractivity contribution in [3.63, 3.8) is 0 Å². The van der Waals surface area contributed by atoms with Gasteiger partial charge in [-0.15, -0.1) is 0 Å². The van der Waals surface area contributed by atoms with E-state index in [4.69, 9.17) is 10.00 Å². The highest BCUT2D eigenvalue weighted by Crippen LogP contribution is 2.05. The van der Waals surface area contributed by atoms with Gasteiger partial charge in [-0.05, 0) is 5.56 Å². The minimum atomic E-state index is -0.578. The van der Waals surface area contributed by atoms with E-state index in [1.54, 1.807) is 12.3 Å². The van der Waals surface area contributed by atoms with Gasteiger partial charge < -0.3 is 4.74 Å². The van der Waals surface area contributed by atoms with Gasteiger partial charge in [-0.25, -0.2) is 4.79 Å². The number of hydrogen-bond acceptors (Lipinski definition) is 4. The number of aromatic nitrogens is 2. The summed E-state index contributed by atoms with van der Waals surface area (Å²) in [4.78, 5) is 11.5. The second-order valence-corrected chi connectivity index (χ2v) is 3.74. The van der Waals surface area contributed by atoms with Gasteiger partial charge in [0.25, 0.3) is 0 Å². The third-order valence-electron chi connectivity index (χ3n) is 2.32. The van der Waals surface area contributed by atoms with E-state index in [2.05, 4.69) is 10.4 Å². The summed E-state index contributed by atoms with van der Waals surface area (Å²) in [6, 6.07) is 12.9. The van der Waals surface area contributed by atoms with E-state index in [0.29, 0.717) is 5.82 Å². The summed E-state index contributed by atoms with van der Waals surface area (Å²) < 4.78 is 6.46. The van der Waals surface area contributed by atoms with Crippen molar-refractivity contribution in [2.75, 3.05) is 5.32 Å². The molecule has 1 aromatic carbocycles. The third kappa shape index (κ3) is 3.85. The van der Waals surface area contributed by atoms with Gasteiger partial charge in [-0.2, -0.15) is 10.4 Å². The van der Waals surface area contributed by atoms with Crippen LogP contribution in [-0.4, -0.2) is 15.9 Å². The Labute approximate surface area is 110 Å². The lowest BCUT2D eigenvalue weighted by molar-refractivity contribution is 0.155. The fraction of sp³-hybridized carbons (Fsp3) is 0.154. The summed E-state index contributed by atoms with van der Waals surface area (Å²) in [5.74, 6) is 0.355. The van der Waals surface area contributed by atoms with Gasteiger partial charge in [0.05, 0.1) is 6.07 Å². The van der Waals surface area contributed by atoms with Crippen molar-refractivity contribution in [1.82, 2.24) is 9.78 Å². The second kappa shape index (κ2) is 6.21. The first-order chi connectivity index (χ1) is 9.28. The molecule has 1 N–H and O–H groups in total. The maximum Gasteiger partial charge on any atom is 0.413 e. The number of ether oxygens (including phenoxy) is 1. The van der Waals surface area contributed by atoms with Crippen molar-refractivity contribution in [3.8, 4) is 6.07 Å². The van der Waals surface area contributed by atoms with Crippen LogP contribution in [0.4, 0.5) is 10.6 Å². The molecule has 2 rings (SSSR count). The van der Waals surface area contributed by atoms with Crippen LogP contribution in [0.2, 0.25) is 0 Å². The highest BCUT2D eigenvalue weighted by Gasteiger charge is 2.06. The highest BCUT2D eigenvalue weighted by atomic mass is 16.5. The van der Waals surface area contributed by atoms with E-state index in [9.17, 15) is 4.79 Å². The maximum atomic E-state index is 11.5. The molecule has 19 heavy (non-hydrogen) atoms. The van der Waals surface area contributed by atoms with Gasteiger partial charge >= 0.3 is 6.09 Å². The molecule has 0 fully saturated rings. The van der Waals surface area contributed by atoms with Gasteiger partial charge in [0.15, 0.2) is 5.82 Å². The molecule has 1 aromatic heterocycles. The smallest absolute Gasteiger partial charge is 0.413 e. The minimum absolute atomic E-state index is 0.140. The number of carbonyl (C=O) groups excluding carboxylic acids is 1. The van der Waals surface area contributed by atoms with Gasteiger partial charge in [0.1, 0.15) is 13.2 Å². The summed E-state index contributed by atoms with van der Waals surface area (Å²) in [6.07, 6.45) is 1.03. The van der Waals surface area contributed by atoms with Crippen LogP contribution in [0.1, 0.15) is 5.56 Å². The molecule has 0 bridgehead atoms. The molecule has 0 aliphatic carbocycles. The molecular formula is C13H12N4O2. The van der Waals surface area contributed by atoms with Crippen molar-refractivity contribution in [1.29, 1.82) is 5.26 Å². The lowest BCUT2D eigenvalue weighted by atomic mass is 10.2. The molecule has 0 radical (unpaired) electrons. The first kappa shape index (κ1) is 12.6. The molecule has 0 atom stereocenters. The van der Waals surface area contributed by atoms with E-state index >= 15 is 0 Å². The number of hydrogen-bond donors (Lipinski definition) is 1. The van der Waals surface area contributed by atoms with Crippen molar-refractivity contribution >= 4 is 11.9 Å². The van der Waals surface area contributed by atoms with E-state index in [-0.39, 0.29) is 13.2 Å². The predicted molar refractivity (Wildman–Crippen MR) is 68.1 cm³/mol. The van der Waals surface area contributed by atoms with Crippen molar-refractivity contribution in [2.24, 2.45) is 0 Å². The van der Waals surface area contributed by atoms with E-state index in [0.717, 1.165) is 5.56 Å². The molecule has 6 heteroatoms. The van der Waals surface area contributed by atoms with Gasteiger partial charge in [-0.1, -0.05) is 30.3 Å². The topological polar surface area (TPSA) is 79.9 Å². The van der Waals surface area contributed by atoms with Gasteiger partial charge in [0, 0.05) is 12.3 Å². The minimum Gasteiger partial charge on any atom is -0.444 e. The summed E-state index contributed by atoms with van der Waals surface area (Å²) in [5.41, 5.74) is 0.910. The summed E-state index contributed by atoms with van der Waals surface area (Å²) >= 11 is 0. The lowest BCUT2D eigenvalue weighted by Gasteiger charge is -2.04. The molecular weight excluding hydrogens is 244 g/mol. The number of benzene rings is 1. The number of nitriles is 1. The van der Waals surface area contributed by atoms with E-state index in [1.165, 1.54) is 4.68 Å². The fourth-order valence-electron chi connectivity index (χ4n) is 1.45. The van der Waals surface area contributed by atoms with Crippen LogP contribution >= 0.6 is 0 Å². The summed E-state index contributed by atoms with van der Waals surface area (Å²) in [5, 5.41) is 15.0. The average molecular weight is 256 g/mol. The van der Waals surface area contributed by atoms with E-state index in [1.807, 2.05) is 36.4 Å². The van der Waals surface area contributed by atoms with Crippen LogP contribution in [0.15, 0.2) is 42.6 Å². The first-order valence-electron chi connectivity index (χ1n) is 5.66. The van der Waals surface area contributed by atoms with Crippen LogP contribution in [0, 0.1) is 11.3 Å². The van der Waals surface area contributed by atoms with Crippen LogP contribution in [0.25, 0.3) is 0 Å². The average Bonchev–Trinajstić information content (AvgIpc) is 2.85. The quantitative estimate of drug-likeness (QED) is 0.908. The Morgan fingerprint density at radius 1 is 1.37 bits per heavy atom. The highest BCUT2D eigenvalue weighted by molar-refractivity contribution is 5.83. The molecule has 0 unspecified atom stereocenters. The fourth-order valence-corrected chi connectivity index (χ4v) is 1.45. The van der Waals surface area contributed by atoms with Crippen molar-refractivity contribution in [2.45, 2.75) is 13.2 Å². The number of nitrogens with zero attached hydrogens (tertiary/aromatic N) is 3. The zero-order chi connectivity index (χ0) is 13.5. The number of rotatable bonds is 4. The summed E-state index contributed by atoms with van der Waals surface area (Å²) in [7, 11) is 0. The maximum absolute atomic E-state index is 11.5. The molecule has 0 aliphatic rings. The molecule has 0 spiro atoms. The summed E-state index contributed by atoms with van der Waals surface area (Å²) in [6.45, 7) is 0.340. The molecule has 0 aliphatic heterocycles. The van der Waals surface area contributed by atoms with Crippen molar-refractivity contribution in [3.05, 3.63) is 48.2 Å². The van der Waals surface area contributed by atoms with Crippen LogP contribution in [0.5, 0.6) is 0 Å². The molecule has 1 amide bonds. The Morgan fingerprint density at radius 3 is 2.89 bits per heavy atom. The van der Waals surface area contributed by atoms with Crippen LogP contribution < -0.4 is 5.32 Å². The molecule has 0 saturated carbocycles. The largest absolute Gasteiger partial charge is 0.444 e. The second-order valence-electron chi connectivity index (χ2n) is 3.74. The molecule has 0 saturated heterocycles. The SMILES string of the molecule is N#CCn1ccc(NC(=O)OCc2ccccc2)n1. The van der Waals surface area contributed by atoms with Crippen LogP contribution in [0.3, 0.4) is 0 Å². The Hall–Kier alpha value is -2.81. The van der Waals surface area contributed by atoms with E-state index < -0.39 is 6.09 Å². The molecule has 6 nitrogen and oxygen atoms in total. The van der Waals surface area contributed by atoms with Gasteiger partial charge in [0.2, 0.25) is 0 Å². The number of amides is 1. The lowest BCUT2D eigenvalue weighted by Crippen LogP contribution is -2.14. The Balaban J connectivity index is 1.82. The Bertz CT molecular complexity index is 586. The van der Waals surface area contributed by atoms with Gasteiger partial charge in [-0.3, -0.25) is 10.00 Å². The zero-order valence-corrected chi connectivity index (χ0v) is 10.1. The number of anilines is 1. The number of carbonyl (C=O) groups is 1. The molecule has 2 aromatic rings. The molecule has 96 valence electrons. The normalized spacial score (nSPS) is 9.63. The molecule has 1 heterocycles. The standard InChI is InChI=1S/C13H12N4O2/c14-7-9-17-8-6-12(16-17)15-13(18)19-10-11-4-2-1-3-5-11/h1-6,8H,9-10H2,(H,15,16,18). The van der Waals surface area contributed by atoms with Crippen LogP contribution in [-0.2, 0) is 17.9 Å².